The number of benzene rings is 1. The van der Waals surface area contributed by atoms with Gasteiger partial charge in [-0.25, -0.2) is 0 Å². The average molecular weight is 428 g/mol. The number of aliphatic imine (C=N–C) groups is 1. The minimum Gasteiger partial charge on any atom is -0.494 e. The van der Waals surface area contributed by atoms with E-state index in [2.05, 4.69) is 46.3 Å². The van der Waals surface area contributed by atoms with Gasteiger partial charge in [-0.15, -0.1) is 0 Å². The number of furan rings is 1. The molecule has 2 aromatic rings. The number of nitrogens with one attached hydrogen (secondary N) is 1. The molecule has 0 radical (unpaired) electrons. The van der Waals surface area contributed by atoms with Crippen molar-refractivity contribution in [1.82, 2.24) is 20.0 Å². The predicted octanol–water partition coefficient (Wildman–Crippen LogP) is 2.14. The Kier molecular flexibility index (Phi) is 8.35. The van der Waals surface area contributed by atoms with Crippen LogP contribution in [0.1, 0.15) is 22.5 Å². The highest BCUT2D eigenvalue weighted by Crippen LogP contribution is 2.13. The third kappa shape index (κ3) is 6.75. The van der Waals surface area contributed by atoms with E-state index < -0.39 is 0 Å². The molecule has 2 heterocycles. The number of carbonyl (C=O) groups excluding carboxylic acids is 1. The van der Waals surface area contributed by atoms with E-state index in [9.17, 15) is 4.79 Å². The summed E-state index contributed by atoms with van der Waals surface area (Å²) in [5.41, 5.74) is 1.16. The molecule has 0 saturated carbocycles. The zero-order valence-corrected chi connectivity index (χ0v) is 18.7. The monoisotopic (exact) mass is 427 g/mol. The highest BCUT2D eigenvalue weighted by Gasteiger charge is 2.25. The fourth-order valence-corrected chi connectivity index (χ4v) is 3.47. The molecule has 8 nitrogen and oxygen atoms in total. The lowest BCUT2D eigenvalue weighted by Crippen LogP contribution is -2.53. The van der Waals surface area contributed by atoms with Crippen LogP contribution in [0.25, 0.3) is 0 Å². The van der Waals surface area contributed by atoms with Gasteiger partial charge in [-0.05, 0) is 50.3 Å². The smallest absolute Gasteiger partial charge is 0.289 e. The largest absolute Gasteiger partial charge is 0.494 e. The van der Waals surface area contributed by atoms with Crippen molar-refractivity contribution in [3.63, 3.8) is 0 Å². The fraction of sp³-hybridized carbons (Fsp3) is 0.478. The average Bonchev–Trinajstić information content (AvgIpc) is 3.33. The molecule has 168 valence electrons. The molecule has 0 aliphatic carbocycles. The summed E-state index contributed by atoms with van der Waals surface area (Å²) >= 11 is 0. The first-order valence-corrected chi connectivity index (χ1v) is 10.7. The van der Waals surface area contributed by atoms with E-state index in [1.807, 2.05) is 17.0 Å². The SMILES string of the molecule is CN=C(NCc1ccc(OCCCN(C)C)cc1)N1CCN(C(=O)c2ccco2)CC1. The molecule has 1 aromatic heterocycles. The van der Waals surface area contributed by atoms with Gasteiger partial charge in [0.25, 0.3) is 5.91 Å². The summed E-state index contributed by atoms with van der Waals surface area (Å²) in [4.78, 5) is 23.0. The van der Waals surface area contributed by atoms with Gasteiger partial charge in [0.05, 0.1) is 12.9 Å². The van der Waals surface area contributed by atoms with Gasteiger partial charge in [0.2, 0.25) is 0 Å². The maximum atomic E-state index is 12.4. The fourth-order valence-electron chi connectivity index (χ4n) is 3.47. The van der Waals surface area contributed by atoms with Crippen molar-refractivity contribution >= 4 is 11.9 Å². The van der Waals surface area contributed by atoms with Crippen molar-refractivity contribution in [2.24, 2.45) is 4.99 Å². The Hall–Kier alpha value is -3.00. The van der Waals surface area contributed by atoms with Gasteiger partial charge in [0, 0.05) is 46.3 Å². The number of hydrogen-bond donors (Lipinski definition) is 1. The molecule has 1 aliphatic heterocycles. The zero-order valence-electron chi connectivity index (χ0n) is 18.7. The minimum absolute atomic E-state index is 0.0587. The maximum Gasteiger partial charge on any atom is 0.289 e. The lowest BCUT2D eigenvalue weighted by molar-refractivity contribution is 0.0657. The predicted molar refractivity (Wildman–Crippen MR) is 121 cm³/mol. The molecule has 1 aliphatic rings. The lowest BCUT2D eigenvalue weighted by Gasteiger charge is -2.36. The van der Waals surface area contributed by atoms with E-state index in [-0.39, 0.29) is 5.91 Å². The van der Waals surface area contributed by atoms with Gasteiger partial charge < -0.3 is 29.2 Å². The summed E-state index contributed by atoms with van der Waals surface area (Å²) in [7, 11) is 5.92. The molecule has 8 heteroatoms. The van der Waals surface area contributed by atoms with Crippen LogP contribution in [0.15, 0.2) is 52.1 Å². The molecule has 1 aromatic carbocycles. The van der Waals surface area contributed by atoms with Crippen molar-refractivity contribution in [1.29, 1.82) is 0 Å². The molecule has 1 fully saturated rings. The molecular weight excluding hydrogens is 394 g/mol. The standard InChI is InChI=1S/C23H33N5O3/c1-24-23(28-14-12-27(13-15-28)22(29)21-6-4-16-31-21)25-18-19-7-9-20(10-8-19)30-17-5-11-26(2)3/h4,6-10,16H,5,11-15,17-18H2,1-3H3,(H,24,25). The number of rotatable bonds is 8. The minimum atomic E-state index is -0.0587. The second-order valence-electron chi connectivity index (χ2n) is 7.81. The van der Waals surface area contributed by atoms with Gasteiger partial charge in [-0.2, -0.15) is 0 Å². The van der Waals surface area contributed by atoms with Crippen molar-refractivity contribution < 1.29 is 13.9 Å². The first-order valence-electron chi connectivity index (χ1n) is 10.7. The van der Waals surface area contributed by atoms with Crippen molar-refractivity contribution in [2.75, 3.05) is 60.5 Å². The Morgan fingerprint density at radius 2 is 1.84 bits per heavy atom. The van der Waals surface area contributed by atoms with Crippen LogP contribution in [0.2, 0.25) is 0 Å². The maximum absolute atomic E-state index is 12.4. The van der Waals surface area contributed by atoms with E-state index in [1.165, 1.54) is 6.26 Å². The van der Waals surface area contributed by atoms with Gasteiger partial charge in [0.15, 0.2) is 11.7 Å². The van der Waals surface area contributed by atoms with Gasteiger partial charge in [-0.1, -0.05) is 12.1 Å². The first-order chi connectivity index (χ1) is 15.1. The first kappa shape index (κ1) is 22.7. The quantitative estimate of drug-likeness (QED) is 0.395. The van der Waals surface area contributed by atoms with E-state index in [1.54, 1.807) is 19.2 Å². The third-order valence-corrected chi connectivity index (χ3v) is 5.20. The van der Waals surface area contributed by atoms with Crippen LogP contribution >= 0.6 is 0 Å². The van der Waals surface area contributed by atoms with Crippen LogP contribution in [-0.4, -0.2) is 87.0 Å². The molecule has 0 spiro atoms. The summed E-state index contributed by atoms with van der Waals surface area (Å²) in [5.74, 6) is 2.07. The second-order valence-corrected chi connectivity index (χ2v) is 7.81. The molecule has 1 amide bonds. The van der Waals surface area contributed by atoms with E-state index in [0.717, 1.165) is 49.9 Å². The number of piperazine rings is 1. The Bertz CT molecular complexity index is 825. The topological polar surface area (TPSA) is 73.6 Å². The van der Waals surface area contributed by atoms with Crippen LogP contribution in [0, 0.1) is 0 Å². The van der Waals surface area contributed by atoms with Crippen molar-refractivity contribution in [3.8, 4) is 5.75 Å². The number of nitrogens with zero attached hydrogens (tertiary/aromatic N) is 4. The third-order valence-electron chi connectivity index (χ3n) is 5.20. The Labute approximate surface area is 184 Å². The van der Waals surface area contributed by atoms with E-state index in [0.29, 0.717) is 25.4 Å². The molecule has 31 heavy (non-hydrogen) atoms. The second kappa shape index (κ2) is 11.4. The van der Waals surface area contributed by atoms with E-state index in [4.69, 9.17) is 9.15 Å². The molecule has 0 atom stereocenters. The molecule has 3 rings (SSSR count). The van der Waals surface area contributed by atoms with Crippen LogP contribution in [0.4, 0.5) is 0 Å². The van der Waals surface area contributed by atoms with Gasteiger partial charge in [-0.3, -0.25) is 9.79 Å². The number of amides is 1. The Balaban J connectivity index is 1.42. The van der Waals surface area contributed by atoms with Crippen molar-refractivity contribution in [2.45, 2.75) is 13.0 Å². The molecule has 0 bridgehead atoms. The van der Waals surface area contributed by atoms with Gasteiger partial charge in [0.1, 0.15) is 5.75 Å². The lowest BCUT2D eigenvalue weighted by atomic mass is 10.2. The molecule has 1 N–H and O–H groups in total. The van der Waals surface area contributed by atoms with Crippen LogP contribution in [0.3, 0.4) is 0 Å². The summed E-state index contributed by atoms with van der Waals surface area (Å²) in [5, 5.41) is 3.42. The number of guanidine groups is 1. The normalized spacial score (nSPS) is 14.8. The Morgan fingerprint density at radius 3 is 2.45 bits per heavy atom. The summed E-state index contributed by atoms with van der Waals surface area (Å²) < 4.78 is 11.0. The van der Waals surface area contributed by atoms with Gasteiger partial charge >= 0.3 is 0 Å². The van der Waals surface area contributed by atoms with Crippen LogP contribution in [-0.2, 0) is 6.54 Å². The van der Waals surface area contributed by atoms with Crippen LogP contribution in [0.5, 0.6) is 5.75 Å². The summed E-state index contributed by atoms with van der Waals surface area (Å²) in [6.45, 7) is 5.15. The highest BCUT2D eigenvalue weighted by atomic mass is 16.5. The Morgan fingerprint density at radius 1 is 1.13 bits per heavy atom. The molecule has 1 saturated heterocycles. The number of hydrogen-bond acceptors (Lipinski definition) is 5. The summed E-state index contributed by atoms with van der Waals surface area (Å²) in [6.07, 6.45) is 2.53. The number of carbonyl (C=O) groups is 1. The van der Waals surface area contributed by atoms with Crippen molar-refractivity contribution in [3.05, 3.63) is 54.0 Å². The van der Waals surface area contributed by atoms with Crippen LogP contribution < -0.4 is 10.1 Å². The van der Waals surface area contributed by atoms with E-state index >= 15 is 0 Å². The molecular formula is C23H33N5O3. The summed E-state index contributed by atoms with van der Waals surface area (Å²) in [6, 6.07) is 11.6. The highest BCUT2D eigenvalue weighted by molar-refractivity contribution is 5.91. The number of ether oxygens (including phenoxy) is 1. The zero-order chi connectivity index (χ0) is 22.1. The molecule has 0 unspecified atom stereocenters.